The first-order valence-electron chi connectivity index (χ1n) is 10.4. The van der Waals surface area contributed by atoms with E-state index in [1.165, 1.54) is 0 Å². The van der Waals surface area contributed by atoms with E-state index < -0.39 is 0 Å². The number of carbonyl (C=O) groups is 1. The van der Waals surface area contributed by atoms with Crippen molar-refractivity contribution in [3.8, 4) is 0 Å². The molecule has 0 spiro atoms. The summed E-state index contributed by atoms with van der Waals surface area (Å²) in [5.41, 5.74) is 2.12. The fourth-order valence-corrected chi connectivity index (χ4v) is 4.06. The summed E-state index contributed by atoms with van der Waals surface area (Å²) in [6, 6.07) is 8.23. The van der Waals surface area contributed by atoms with Crippen LogP contribution >= 0.6 is 15.9 Å². The molecule has 0 aliphatic carbocycles. The van der Waals surface area contributed by atoms with E-state index in [4.69, 9.17) is 9.72 Å². The summed E-state index contributed by atoms with van der Waals surface area (Å²) < 4.78 is 6.76. The highest BCUT2D eigenvalue weighted by molar-refractivity contribution is 9.10. The number of anilines is 1. The predicted octanol–water partition coefficient (Wildman–Crippen LogP) is 5.68. The summed E-state index contributed by atoms with van der Waals surface area (Å²) in [6.45, 7) is 12.9. The minimum atomic E-state index is -0.201. The van der Waals surface area contributed by atoms with Gasteiger partial charge in [0.25, 0.3) is 0 Å². The maximum Gasteiger partial charge on any atom is 0.247 e. The summed E-state index contributed by atoms with van der Waals surface area (Å²) in [7, 11) is 0. The Kier molecular flexibility index (Phi) is 6.58. The van der Waals surface area contributed by atoms with E-state index in [1.54, 1.807) is 0 Å². The molecule has 1 aromatic heterocycles. The second-order valence-corrected chi connectivity index (χ2v) is 10.7. The zero-order chi connectivity index (χ0) is 22.1. The molecule has 3 rings (SSSR count). The zero-order valence-corrected chi connectivity index (χ0v) is 20.3. The standard InChI is InChI=1S/C24H32BrN3O2/c1-15(22(29)26-19-9-10-30-24(5,6)14-19)11-17-12-16-13-18(25)7-8-20(16)27-21(17)28-23(2,3)4/h7-8,11-13,19H,9-10,14H2,1-6H3,(H,26,29)(H,27,28). The molecule has 0 bridgehead atoms. The number of pyridine rings is 1. The molecule has 162 valence electrons. The number of hydrogen-bond acceptors (Lipinski definition) is 4. The van der Waals surface area contributed by atoms with Crippen LogP contribution in [-0.2, 0) is 9.53 Å². The molecule has 2 N–H and O–H groups in total. The van der Waals surface area contributed by atoms with Crippen LogP contribution in [-0.4, -0.2) is 34.7 Å². The monoisotopic (exact) mass is 473 g/mol. The van der Waals surface area contributed by atoms with E-state index in [2.05, 4.69) is 67.2 Å². The van der Waals surface area contributed by atoms with E-state index >= 15 is 0 Å². The molecule has 1 amide bonds. The quantitative estimate of drug-likeness (QED) is 0.560. The first-order chi connectivity index (χ1) is 13.9. The van der Waals surface area contributed by atoms with Gasteiger partial charge in [0.1, 0.15) is 5.82 Å². The molecule has 0 saturated carbocycles. The van der Waals surface area contributed by atoms with Crippen molar-refractivity contribution in [1.82, 2.24) is 10.3 Å². The predicted molar refractivity (Wildman–Crippen MR) is 128 cm³/mol. The number of amides is 1. The van der Waals surface area contributed by atoms with Crippen molar-refractivity contribution in [3.05, 3.63) is 39.9 Å². The van der Waals surface area contributed by atoms with Gasteiger partial charge < -0.3 is 15.4 Å². The third kappa shape index (κ3) is 6.05. The molecule has 1 unspecified atom stereocenters. The smallest absolute Gasteiger partial charge is 0.247 e. The van der Waals surface area contributed by atoms with Crippen LogP contribution in [0.25, 0.3) is 17.0 Å². The lowest BCUT2D eigenvalue weighted by Crippen LogP contribution is -2.46. The maximum atomic E-state index is 12.9. The molecule has 1 saturated heterocycles. The largest absolute Gasteiger partial charge is 0.375 e. The van der Waals surface area contributed by atoms with Crippen LogP contribution in [0.1, 0.15) is 59.9 Å². The van der Waals surface area contributed by atoms with Gasteiger partial charge in [0.15, 0.2) is 0 Å². The lowest BCUT2D eigenvalue weighted by molar-refractivity contribution is -0.120. The van der Waals surface area contributed by atoms with Crippen molar-refractivity contribution in [3.63, 3.8) is 0 Å². The van der Waals surface area contributed by atoms with Gasteiger partial charge in [-0.1, -0.05) is 15.9 Å². The number of nitrogens with one attached hydrogen (secondary N) is 2. The Morgan fingerprint density at radius 2 is 2.03 bits per heavy atom. The molecule has 1 aliphatic rings. The summed E-state index contributed by atoms with van der Waals surface area (Å²) in [6.07, 6.45) is 3.57. The number of hydrogen-bond donors (Lipinski definition) is 2. The summed E-state index contributed by atoms with van der Waals surface area (Å²) in [5, 5.41) is 7.67. The summed E-state index contributed by atoms with van der Waals surface area (Å²) >= 11 is 3.53. The van der Waals surface area contributed by atoms with Crippen molar-refractivity contribution in [1.29, 1.82) is 0 Å². The molecule has 2 heterocycles. The molecule has 1 fully saturated rings. The number of ether oxygens (including phenoxy) is 1. The average molecular weight is 474 g/mol. The molecule has 1 atom stereocenters. The average Bonchev–Trinajstić information content (AvgIpc) is 2.60. The fourth-order valence-electron chi connectivity index (χ4n) is 3.68. The second-order valence-electron chi connectivity index (χ2n) is 9.74. The van der Waals surface area contributed by atoms with Gasteiger partial charge in [-0.2, -0.15) is 0 Å². The van der Waals surface area contributed by atoms with Crippen LogP contribution in [0.3, 0.4) is 0 Å². The zero-order valence-electron chi connectivity index (χ0n) is 18.7. The van der Waals surface area contributed by atoms with E-state index in [1.807, 2.05) is 31.2 Å². The Labute approximate surface area is 187 Å². The number of benzene rings is 1. The molecule has 0 radical (unpaired) electrons. The van der Waals surface area contributed by atoms with Crippen molar-refractivity contribution in [2.24, 2.45) is 0 Å². The Morgan fingerprint density at radius 3 is 2.70 bits per heavy atom. The topological polar surface area (TPSA) is 63.2 Å². The van der Waals surface area contributed by atoms with Crippen LogP contribution in [0.15, 0.2) is 34.3 Å². The number of aromatic nitrogens is 1. The van der Waals surface area contributed by atoms with Crippen molar-refractivity contribution in [2.75, 3.05) is 11.9 Å². The number of rotatable bonds is 4. The van der Waals surface area contributed by atoms with E-state index in [0.717, 1.165) is 39.6 Å². The van der Waals surface area contributed by atoms with E-state index in [-0.39, 0.29) is 23.1 Å². The number of nitrogens with zero attached hydrogens (tertiary/aromatic N) is 1. The molecular weight excluding hydrogens is 442 g/mol. The van der Waals surface area contributed by atoms with Crippen molar-refractivity contribution in [2.45, 2.75) is 71.6 Å². The maximum absolute atomic E-state index is 12.9. The van der Waals surface area contributed by atoms with Gasteiger partial charge in [-0.15, -0.1) is 0 Å². The lowest BCUT2D eigenvalue weighted by atomic mass is 9.93. The van der Waals surface area contributed by atoms with Gasteiger partial charge in [0, 0.05) is 39.2 Å². The van der Waals surface area contributed by atoms with Gasteiger partial charge in [-0.25, -0.2) is 4.98 Å². The molecular formula is C24H32BrN3O2. The van der Waals surface area contributed by atoms with Gasteiger partial charge >= 0.3 is 0 Å². The third-order valence-corrected chi connectivity index (χ3v) is 5.56. The number of carbonyl (C=O) groups excluding carboxylic acids is 1. The highest BCUT2D eigenvalue weighted by Crippen LogP contribution is 2.28. The van der Waals surface area contributed by atoms with Crippen LogP contribution < -0.4 is 10.6 Å². The Morgan fingerprint density at radius 1 is 1.30 bits per heavy atom. The van der Waals surface area contributed by atoms with Crippen LogP contribution in [0, 0.1) is 0 Å². The van der Waals surface area contributed by atoms with Gasteiger partial charge in [-0.3, -0.25) is 4.79 Å². The molecule has 5 nitrogen and oxygen atoms in total. The van der Waals surface area contributed by atoms with E-state index in [0.29, 0.717) is 12.2 Å². The van der Waals surface area contributed by atoms with Gasteiger partial charge in [-0.05, 0) is 84.7 Å². The Hall–Kier alpha value is -1.92. The molecule has 1 aliphatic heterocycles. The Balaban J connectivity index is 1.90. The first-order valence-corrected chi connectivity index (χ1v) is 11.2. The molecule has 1 aromatic carbocycles. The lowest BCUT2D eigenvalue weighted by Gasteiger charge is -2.35. The second kappa shape index (κ2) is 8.67. The van der Waals surface area contributed by atoms with Crippen LogP contribution in [0.4, 0.5) is 5.82 Å². The van der Waals surface area contributed by atoms with Gasteiger partial charge in [0.05, 0.1) is 11.1 Å². The summed E-state index contributed by atoms with van der Waals surface area (Å²) in [4.78, 5) is 17.7. The van der Waals surface area contributed by atoms with Crippen LogP contribution in [0.2, 0.25) is 0 Å². The first kappa shape index (κ1) is 22.8. The highest BCUT2D eigenvalue weighted by Gasteiger charge is 2.29. The minimum Gasteiger partial charge on any atom is -0.375 e. The highest BCUT2D eigenvalue weighted by atomic mass is 79.9. The normalized spacial score (nSPS) is 19.6. The molecule has 2 aromatic rings. The van der Waals surface area contributed by atoms with Crippen molar-refractivity contribution >= 4 is 44.6 Å². The number of halogens is 1. The third-order valence-electron chi connectivity index (χ3n) is 5.06. The van der Waals surface area contributed by atoms with Gasteiger partial charge in [0.2, 0.25) is 5.91 Å². The number of fused-ring (bicyclic) bond motifs is 1. The SMILES string of the molecule is CC(=Cc1cc2cc(Br)ccc2nc1NC(C)(C)C)C(=O)NC1CCOC(C)(C)C1. The van der Waals surface area contributed by atoms with Crippen molar-refractivity contribution < 1.29 is 9.53 Å². The van der Waals surface area contributed by atoms with Crippen LogP contribution in [0.5, 0.6) is 0 Å². The summed E-state index contributed by atoms with van der Waals surface area (Å²) in [5.74, 6) is 0.727. The molecule has 30 heavy (non-hydrogen) atoms. The fraction of sp³-hybridized carbons (Fsp3) is 0.500. The molecule has 6 heteroatoms. The minimum absolute atomic E-state index is 0.0475. The van der Waals surface area contributed by atoms with E-state index in [9.17, 15) is 4.79 Å². The Bertz CT molecular complexity index is 976.